The Morgan fingerprint density at radius 1 is 1.00 bits per heavy atom. The number of hydrogen-bond acceptors (Lipinski definition) is 5. The topological polar surface area (TPSA) is 40.4 Å². The van der Waals surface area contributed by atoms with Crippen LogP contribution in [0.3, 0.4) is 0 Å². The third-order valence-electron chi connectivity index (χ3n) is 2.37. The lowest BCUT2D eigenvalue weighted by molar-refractivity contribution is 0.318. The number of benzene rings is 1. The van der Waals surface area contributed by atoms with E-state index in [0.29, 0.717) is 5.76 Å². The summed E-state index contributed by atoms with van der Waals surface area (Å²) in [6.07, 6.45) is 5.44. The first-order chi connectivity index (χ1) is 9.52. The standard InChI is InChI=1S/C15H22N4O/c1-18(2)16-11-14-9-7-6-8-13(14)10-15(20-5)12-17-19(3)4/h6-12H,1-5H3/b15-10-,16-11+,17-12+. The molecule has 20 heavy (non-hydrogen) atoms. The summed E-state index contributed by atoms with van der Waals surface area (Å²) < 4.78 is 5.32. The fraction of sp³-hybridized carbons (Fsp3) is 0.333. The molecular formula is C15H22N4O. The predicted molar refractivity (Wildman–Crippen MR) is 84.9 cm³/mol. The fourth-order valence-corrected chi connectivity index (χ4v) is 1.41. The van der Waals surface area contributed by atoms with Crippen molar-refractivity contribution in [2.45, 2.75) is 0 Å². The smallest absolute Gasteiger partial charge is 0.139 e. The molecule has 0 unspecified atom stereocenters. The first-order valence-electron chi connectivity index (χ1n) is 6.30. The quantitative estimate of drug-likeness (QED) is 0.453. The summed E-state index contributed by atoms with van der Waals surface area (Å²) in [6.45, 7) is 0. The van der Waals surface area contributed by atoms with Gasteiger partial charge in [-0.25, -0.2) is 0 Å². The SMILES string of the molecule is COC(=C\c1ccccc1/C=N/N(C)C)/C=N/N(C)C. The fourth-order valence-electron chi connectivity index (χ4n) is 1.41. The van der Waals surface area contributed by atoms with Crippen LogP contribution in [0.25, 0.3) is 6.08 Å². The van der Waals surface area contributed by atoms with E-state index >= 15 is 0 Å². The molecule has 0 amide bonds. The Hall–Kier alpha value is -2.30. The minimum Gasteiger partial charge on any atom is -0.495 e. The van der Waals surface area contributed by atoms with Crippen molar-refractivity contribution in [3.8, 4) is 0 Å². The Morgan fingerprint density at radius 2 is 1.60 bits per heavy atom. The molecule has 0 aliphatic rings. The van der Waals surface area contributed by atoms with Gasteiger partial charge in [0.1, 0.15) is 5.76 Å². The van der Waals surface area contributed by atoms with Gasteiger partial charge in [-0.3, -0.25) is 0 Å². The van der Waals surface area contributed by atoms with E-state index in [1.807, 2.05) is 64.7 Å². The van der Waals surface area contributed by atoms with Crippen LogP contribution in [-0.4, -0.2) is 57.7 Å². The average molecular weight is 274 g/mol. The van der Waals surface area contributed by atoms with Crippen LogP contribution < -0.4 is 0 Å². The zero-order valence-electron chi connectivity index (χ0n) is 12.7. The summed E-state index contributed by atoms with van der Waals surface area (Å²) in [5, 5.41) is 11.9. The van der Waals surface area contributed by atoms with E-state index in [-0.39, 0.29) is 0 Å². The number of hydrazone groups is 2. The Balaban J connectivity index is 3.05. The number of methoxy groups -OCH3 is 1. The Morgan fingerprint density at radius 3 is 2.15 bits per heavy atom. The normalized spacial score (nSPS) is 12.2. The van der Waals surface area contributed by atoms with Gasteiger partial charge in [0.25, 0.3) is 0 Å². The van der Waals surface area contributed by atoms with Crippen molar-refractivity contribution in [3.05, 3.63) is 41.2 Å². The molecule has 0 fully saturated rings. The minimum atomic E-state index is 0.685. The molecule has 1 aromatic rings. The second-order valence-electron chi connectivity index (χ2n) is 4.56. The van der Waals surface area contributed by atoms with Gasteiger partial charge in [0.15, 0.2) is 0 Å². The largest absolute Gasteiger partial charge is 0.495 e. The van der Waals surface area contributed by atoms with E-state index in [9.17, 15) is 0 Å². The molecule has 0 heterocycles. The number of allylic oxidation sites excluding steroid dienone is 1. The first kappa shape index (κ1) is 15.8. The second kappa shape index (κ2) is 7.99. The molecule has 0 aliphatic carbocycles. The molecule has 108 valence electrons. The summed E-state index contributed by atoms with van der Waals surface area (Å²) in [6, 6.07) is 7.98. The van der Waals surface area contributed by atoms with Crippen molar-refractivity contribution < 1.29 is 4.74 Å². The summed E-state index contributed by atoms with van der Waals surface area (Å²) in [7, 11) is 9.13. The molecule has 0 bridgehead atoms. The zero-order chi connectivity index (χ0) is 15.0. The molecule has 1 aromatic carbocycles. The highest BCUT2D eigenvalue weighted by molar-refractivity contribution is 5.89. The van der Waals surface area contributed by atoms with Crippen LogP contribution in [0.5, 0.6) is 0 Å². The van der Waals surface area contributed by atoms with Gasteiger partial charge in [0.2, 0.25) is 0 Å². The molecule has 0 aromatic heterocycles. The summed E-state index contributed by atoms with van der Waals surface area (Å²) in [5.41, 5.74) is 2.05. The van der Waals surface area contributed by atoms with Crippen LogP contribution in [0.2, 0.25) is 0 Å². The van der Waals surface area contributed by atoms with Crippen LogP contribution in [-0.2, 0) is 4.74 Å². The van der Waals surface area contributed by atoms with Crippen molar-refractivity contribution in [1.29, 1.82) is 0 Å². The minimum absolute atomic E-state index is 0.685. The molecule has 0 radical (unpaired) electrons. The molecule has 0 saturated carbocycles. The van der Waals surface area contributed by atoms with Gasteiger partial charge in [-0.2, -0.15) is 10.2 Å². The van der Waals surface area contributed by atoms with E-state index in [2.05, 4.69) is 10.2 Å². The van der Waals surface area contributed by atoms with Gasteiger partial charge >= 0.3 is 0 Å². The van der Waals surface area contributed by atoms with Crippen LogP contribution in [0, 0.1) is 0 Å². The van der Waals surface area contributed by atoms with Gasteiger partial charge < -0.3 is 14.8 Å². The Bertz CT molecular complexity index is 504. The lowest BCUT2D eigenvalue weighted by Gasteiger charge is -2.07. The third kappa shape index (κ3) is 5.56. The average Bonchev–Trinajstić information content (AvgIpc) is 2.41. The molecule has 5 nitrogen and oxygen atoms in total. The van der Waals surface area contributed by atoms with Crippen molar-refractivity contribution in [2.75, 3.05) is 35.3 Å². The van der Waals surface area contributed by atoms with Crippen molar-refractivity contribution >= 4 is 18.5 Å². The van der Waals surface area contributed by atoms with Crippen LogP contribution in [0.1, 0.15) is 11.1 Å². The van der Waals surface area contributed by atoms with Gasteiger partial charge in [-0.1, -0.05) is 24.3 Å². The van der Waals surface area contributed by atoms with Gasteiger partial charge in [-0.05, 0) is 11.6 Å². The third-order valence-corrected chi connectivity index (χ3v) is 2.37. The van der Waals surface area contributed by atoms with Crippen molar-refractivity contribution in [3.63, 3.8) is 0 Å². The number of hydrogen-bond donors (Lipinski definition) is 0. The van der Waals surface area contributed by atoms with E-state index in [4.69, 9.17) is 4.74 Å². The Kier molecular flexibility index (Phi) is 6.29. The van der Waals surface area contributed by atoms with E-state index in [0.717, 1.165) is 11.1 Å². The lowest BCUT2D eigenvalue weighted by Crippen LogP contribution is -2.03. The summed E-state index contributed by atoms with van der Waals surface area (Å²) in [4.78, 5) is 0. The highest BCUT2D eigenvalue weighted by Gasteiger charge is 1.99. The Labute approximate surface area is 120 Å². The number of ether oxygens (including phenoxy) is 1. The second-order valence-corrected chi connectivity index (χ2v) is 4.56. The van der Waals surface area contributed by atoms with E-state index in [1.165, 1.54) is 0 Å². The highest BCUT2D eigenvalue weighted by Crippen LogP contribution is 2.11. The molecule has 5 heteroatoms. The molecule has 1 rings (SSSR count). The molecule has 0 aliphatic heterocycles. The molecule has 0 spiro atoms. The zero-order valence-corrected chi connectivity index (χ0v) is 12.7. The molecule has 0 N–H and O–H groups in total. The number of rotatable bonds is 6. The highest BCUT2D eigenvalue weighted by atomic mass is 16.5. The first-order valence-corrected chi connectivity index (χ1v) is 6.30. The molecule has 0 atom stereocenters. The van der Waals surface area contributed by atoms with Crippen LogP contribution in [0.4, 0.5) is 0 Å². The monoisotopic (exact) mass is 274 g/mol. The number of nitrogens with zero attached hydrogens (tertiary/aromatic N) is 4. The maximum atomic E-state index is 5.32. The van der Waals surface area contributed by atoms with Gasteiger partial charge in [0.05, 0.1) is 19.5 Å². The summed E-state index contributed by atoms with van der Waals surface area (Å²) in [5.74, 6) is 0.685. The van der Waals surface area contributed by atoms with E-state index in [1.54, 1.807) is 23.3 Å². The van der Waals surface area contributed by atoms with Crippen molar-refractivity contribution in [2.24, 2.45) is 10.2 Å². The van der Waals surface area contributed by atoms with Crippen molar-refractivity contribution in [1.82, 2.24) is 10.0 Å². The van der Waals surface area contributed by atoms with E-state index < -0.39 is 0 Å². The molecule has 0 saturated heterocycles. The van der Waals surface area contributed by atoms with Crippen LogP contribution >= 0.6 is 0 Å². The molecular weight excluding hydrogens is 252 g/mol. The maximum absolute atomic E-state index is 5.32. The lowest BCUT2D eigenvalue weighted by atomic mass is 10.1. The van der Waals surface area contributed by atoms with Gasteiger partial charge in [0, 0.05) is 33.8 Å². The van der Waals surface area contributed by atoms with Gasteiger partial charge in [-0.15, -0.1) is 0 Å². The maximum Gasteiger partial charge on any atom is 0.139 e. The summed E-state index contributed by atoms with van der Waals surface area (Å²) >= 11 is 0. The predicted octanol–water partition coefficient (Wildman–Crippen LogP) is 2.12. The van der Waals surface area contributed by atoms with Crippen LogP contribution in [0.15, 0.2) is 40.2 Å².